The number of furan rings is 1. The predicted molar refractivity (Wildman–Crippen MR) is 88.1 cm³/mol. The molecular weight excluding hydrogens is 354 g/mol. The Morgan fingerprint density at radius 2 is 2.21 bits per heavy atom. The Hall–Kier alpha value is -2.13. The molecule has 0 saturated carbocycles. The quantitative estimate of drug-likeness (QED) is 0.829. The first-order chi connectivity index (χ1) is 11.4. The molecule has 0 spiro atoms. The summed E-state index contributed by atoms with van der Waals surface area (Å²) >= 11 is 1.10. The molecule has 3 rings (SSSR count). The van der Waals surface area contributed by atoms with E-state index < -0.39 is 21.7 Å². The zero-order chi connectivity index (χ0) is 17.3. The molecule has 1 aliphatic rings. The van der Waals surface area contributed by atoms with Crippen LogP contribution in [0.2, 0.25) is 0 Å². The molecule has 128 valence electrons. The summed E-state index contributed by atoms with van der Waals surface area (Å²) in [6.07, 6.45) is 2.90. The second-order valence-corrected chi connectivity index (χ2v) is 8.53. The summed E-state index contributed by atoms with van der Waals surface area (Å²) < 4.78 is 33.6. The Bertz CT molecular complexity index is 879. The number of nitrogens with one attached hydrogen (secondary N) is 1. The Morgan fingerprint density at radius 3 is 2.88 bits per heavy atom. The van der Waals surface area contributed by atoms with Crippen molar-refractivity contribution < 1.29 is 27.2 Å². The van der Waals surface area contributed by atoms with Crippen LogP contribution < -0.4 is 5.32 Å². The smallest absolute Gasteiger partial charge is 0.341 e. The van der Waals surface area contributed by atoms with Gasteiger partial charge in [0.15, 0.2) is 9.84 Å². The molecule has 0 aliphatic carbocycles. The molecule has 0 fully saturated rings. The lowest BCUT2D eigenvalue weighted by molar-refractivity contribution is 0.0527. The average molecular weight is 369 g/mol. The SMILES string of the molecule is CCOC(=O)c1c(NC(=O)c2ccoc2)sc2c1CCS(=O)(=O)C2. The normalized spacial score (nSPS) is 15.5. The molecule has 0 saturated heterocycles. The van der Waals surface area contributed by atoms with E-state index in [1.54, 1.807) is 6.92 Å². The van der Waals surface area contributed by atoms with Gasteiger partial charge in [0, 0.05) is 4.88 Å². The Balaban J connectivity index is 2.00. The van der Waals surface area contributed by atoms with E-state index in [0.717, 1.165) is 11.3 Å². The van der Waals surface area contributed by atoms with Gasteiger partial charge >= 0.3 is 5.97 Å². The van der Waals surface area contributed by atoms with Gasteiger partial charge in [0.25, 0.3) is 5.91 Å². The number of amides is 1. The number of carbonyl (C=O) groups is 2. The fourth-order valence-electron chi connectivity index (χ4n) is 2.50. The van der Waals surface area contributed by atoms with Crippen molar-refractivity contribution in [1.29, 1.82) is 0 Å². The van der Waals surface area contributed by atoms with Crippen LogP contribution in [0.25, 0.3) is 0 Å². The lowest BCUT2D eigenvalue weighted by Crippen LogP contribution is -2.20. The molecule has 3 heterocycles. The van der Waals surface area contributed by atoms with Crippen LogP contribution in [0.5, 0.6) is 0 Å². The van der Waals surface area contributed by atoms with Crippen LogP contribution in [0, 0.1) is 0 Å². The topological polar surface area (TPSA) is 103 Å². The summed E-state index contributed by atoms with van der Waals surface area (Å²) in [5, 5.41) is 2.97. The van der Waals surface area contributed by atoms with Gasteiger partial charge < -0.3 is 14.5 Å². The first kappa shape index (κ1) is 16.7. The molecule has 1 N–H and O–H groups in total. The Kier molecular flexibility index (Phi) is 4.46. The second kappa shape index (κ2) is 6.40. The molecule has 7 nitrogen and oxygen atoms in total. The third-order valence-electron chi connectivity index (χ3n) is 3.59. The number of hydrogen-bond donors (Lipinski definition) is 1. The Morgan fingerprint density at radius 1 is 1.42 bits per heavy atom. The molecule has 9 heteroatoms. The number of carbonyl (C=O) groups excluding carboxylic acids is 2. The number of hydrogen-bond acceptors (Lipinski definition) is 7. The summed E-state index contributed by atoms with van der Waals surface area (Å²) in [5.41, 5.74) is 1.21. The van der Waals surface area contributed by atoms with E-state index in [0.29, 0.717) is 21.0 Å². The van der Waals surface area contributed by atoms with Crippen LogP contribution in [0.1, 0.15) is 38.1 Å². The second-order valence-electron chi connectivity index (χ2n) is 5.24. The van der Waals surface area contributed by atoms with Gasteiger partial charge in [0.05, 0.1) is 35.5 Å². The molecule has 1 amide bonds. The molecule has 0 bridgehead atoms. The number of fused-ring (bicyclic) bond motifs is 1. The number of thiophene rings is 1. The highest BCUT2D eigenvalue weighted by Crippen LogP contribution is 2.38. The first-order valence-electron chi connectivity index (χ1n) is 7.27. The highest BCUT2D eigenvalue weighted by Gasteiger charge is 2.32. The van der Waals surface area contributed by atoms with Crippen molar-refractivity contribution >= 4 is 38.1 Å². The minimum atomic E-state index is -3.18. The number of anilines is 1. The highest BCUT2D eigenvalue weighted by atomic mass is 32.2. The van der Waals surface area contributed by atoms with Crippen LogP contribution in [-0.2, 0) is 26.7 Å². The summed E-state index contributed by atoms with van der Waals surface area (Å²) in [4.78, 5) is 25.1. The van der Waals surface area contributed by atoms with Crippen molar-refractivity contribution in [2.24, 2.45) is 0 Å². The van der Waals surface area contributed by atoms with Gasteiger partial charge in [-0.3, -0.25) is 4.79 Å². The zero-order valence-electron chi connectivity index (χ0n) is 12.8. The lowest BCUT2D eigenvalue weighted by atomic mass is 10.1. The van der Waals surface area contributed by atoms with Gasteiger partial charge in [-0.05, 0) is 25.0 Å². The lowest BCUT2D eigenvalue weighted by Gasteiger charge is -2.13. The van der Waals surface area contributed by atoms with Crippen LogP contribution in [0.3, 0.4) is 0 Å². The fraction of sp³-hybridized carbons (Fsp3) is 0.333. The van der Waals surface area contributed by atoms with Crippen molar-refractivity contribution in [3.63, 3.8) is 0 Å². The van der Waals surface area contributed by atoms with Gasteiger partial charge in [-0.1, -0.05) is 0 Å². The minimum Gasteiger partial charge on any atom is -0.472 e. The van der Waals surface area contributed by atoms with Gasteiger partial charge in [-0.15, -0.1) is 11.3 Å². The monoisotopic (exact) mass is 369 g/mol. The molecule has 1 aliphatic heterocycles. The number of ether oxygens (including phenoxy) is 1. The van der Waals surface area contributed by atoms with E-state index in [1.165, 1.54) is 18.6 Å². The maximum Gasteiger partial charge on any atom is 0.341 e. The molecule has 0 unspecified atom stereocenters. The maximum atomic E-state index is 12.3. The third kappa shape index (κ3) is 3.22. The number of sulfone groups is 1. The van der Waals surface area contributed by atoms with E-state index in [-0.39, 0.29) is 30.1 Å². The molecule has 24 heavy (non-hydrogen) atoms. The van der Waals surface area contributed by atoms with Crippen molar-refractivity contribution in [3.05, 3.63) is 40.2 Å². The minimum absolute atomic E-state index is 0.0156. The first-order valence-corrected chi connectivity index (χ1v) is 9.90. The average Bonchev–Trinajstić information content (AvgIpc) is 3.13. The third-order valence-corrected chi connectivity index (χ3v) is 6.48. The number of esters is 1. The summed E-state index contributed by atoms with van der Waals surface area (Å²) in [7, 11) is -3.18. The zero-order valence-corrected chi connectivity index (χ0v) is 14.5. The van der Waals surface area contributed by atoms with Crippen LogP contribution in [0.15, 0.2) is 23.0 Å². The van der Waals surface area contributed by atoms with E-state index >= 15 is 0 Å². The summed E-state index contributed by atoms with van der Waals surface area (Å²) in [5.74, 6) is -1.13. The van der Waals surface area contributed by atoms with Crippen LogP contribution in [0.4, 0.5) is 5.00 Å². The van der Waals surface area contributed by atoms with Gasteiger partial charge in [-0.25, -0.2) is 13.2 Å². The van der Waals surface area contributed by atoms with Crippen LogP contribution >= 0.6 is 11.3 Å². The van der Waals surface area contributed by atoms with E-state index in [4.69, 9.17) is 9.15 Å². The van der Waals surface area contributed by atoms with Gasteiger partial charge in [0.1, 0.15) is 11.3 Å². The fourth-order valence-corrected chi connectivity index (χ4v) is 5.53. The highest BCUT2D eigenvalue weighted by molar-refractivity contribution is 7.90. The van der Waals surface area contributed by atoms with E-state index in [9.17, 15) is 18.0 Å². The van der Waals surface area contributed by atoms with Crippen molar-refractivity contribution in [2.45, 2.75) is 19.1 Å². The van der Waals surface area contributed by atoms with Gasteiger partial charge in [-0.2, -0.15) is 0 Å². The largest absolute Gasteiger partial charge is 0.472 e. The summed E-state index contributed by atoms with van der Waals surface area (Å²) in [6, 6.07) is 1.50. The maximum absolute atomic E-state index is 12.3. The molecule has 0 aromatic carbocycles. The van der Waals surface area contributed by atoms with Crippen molar-refractivity contribution in [1.82, 2.24) is 0 Å². The van der Waals surface area contributed by atoms with Crippen LogP contribution in [-0.4, -0.2) is 32.7 Å². The number of rotatable bonds is 4. The molecule has 0 radical (unpaired) electrons. The van der Waals surface area contributed by atoms with E-state index in [2.05, 4.69) is 5.32 Å². The van der Waals surface area contributed by atoms with Crippen molar-refractivity contribution in [2.75, 3.05) is 17.7 Å². The molecular formula is C15H15NO6S2. The molecule has 2 aromatic rings. The predicted octanol–water partition coefficient (Wildman–Crippen LogP) is 2.24. The van der Waals surface area contributed by atoms with E-state index in [1.807, 2.05) is 0 Å². The van der Waals surface area contributed by atoms with Gasteiger partial charge in [0.2, 0.25) is 0 Å². The summed E-state index contributed by atoms with van der Waals surface area (Å²) in [6.45, 7) is 1.88. The Labute approximate surface area is 142 Å². The standard InChI is InChI=1S/C15H15NO6S2/c1-2-22-15(18)12-10-4-6-24(19,20)8-11(10)23-14(12)16-13(17)9-3-5-21-7-9/h3,5,7H,2,4,6,8H2,1H3,(H,16,17). The molecule has 0 atom stereocenters. The molecule has 2 aromatic heterocycles. The van der Waals surface area contributed by atoms with Crippen molar-refractivity contribution in [3.8, 4) is 0 Å².